The second-order valence-electron chi connectivity index (χ2n) is 15.3. The normalized spacial score (nSPS) is 13.1. The smallest absolute Gasteiger partial charge is 0.306 e. The Bertz CT molecular complexity index is 1140. The second-order valence-corrected chi connectivity index (χ2v) is 15.3. The molecule has 0 amide bonds. The first-order valence-electron chi connectivity index (χ1n) is 23.8. The Labute approximate surface area is 358 Å². The van der Waals surface area contributed by atoms with Crippen molar-refractivity contribution < 1.29 is 23.8 Å². The molecule has 0 aromatic heterocycles. The molecule has 0 spiro atoms. The Kier molecular flexibility index (Phi) is 45.5. The van der Waals surface area contributed by atoms with Crippen LogP contribution < -0.4 is 0 Å². The molecule has 0 aromatic carbocycles. The summed E-state index contributed by atoms with van der Waals surface area (Å²) in [4.78, 5) is 25.1. The summed E-state index contributed by atoms with van der Waals surface area (Å²) >= 11 is 0. The molecule has 0 aliphatic carbocycles. The number of carbonyl (C=O) groups excluding carboxylic acids is 2. The largest absolute Gasteiger partial charge is 0.462 e. The van der Waals surface area contributed by atoms with E-state index in [-0.39, 0.29) is 25.2 Å². The average Bonchev–Trinajstić information content (AvgIpc) is 3.22. The molecule has 0 saturated heterocycles. The third-order valence-electron chi connectivity index (χ3n) is 9.62. The lowest BCUT2D eigenvalue weighted by Crippen LogP contribution is -2.30. The van der Waals surface area contributed by atoms with Crippen molar-refractivity contribution in [1.82, 2.24) is 0 Å². The first-order chi connectivity index (χ1) is 28.6. The summed E-state index contributed by atoms with van der Waals surface area (Å²) in [6.45, 7) is 7.46. The molecule has 0 saturated carbocycles. The molecular weight excluding hydrogens is 717 g/mol. The first kappa shape index (κ1) is 54.8. The van der Waals surface area contributed by atoms with E-state index in [0.29, 0.717) is 19.4 Å². The van der Waals surface area contributed by atoms with E-state index < -0.39 is 6.10 Å². The van der Waals surface area contributed by atoms with Crippen LogP contribution in [-0.4, -0.2) is 37.9 Å². The first-order valence-corrected chi connectivity index (χ1v) is 23.8. The van der Waals surface area contributed by atoms with E-state index in [9.17, 15) is 9.59 Å². The summed E-state index contributed by atoms with van der Waals surface area (Å²) < 4.78 is 17.2. The summed E-state index contributed by atoms with van der Waals surface area (Å²) in [5.41, 5.74) is 0. The van der Waals surface area contributed by atoms with Crippen LogP contribution in [0, 0.1) is 0 Å². The molecule has 5 heteroatoms. The van der Waals surface area contributed by atoms with Gasteiger partial charge in [0.25, 0.3) is 0 Å². The predicted molar refractivity (Wildman–Crippen MR) is 251 cm³/mol. The van der Waals surface area contributed by atoms with Crippen molar-refractivity contribution in [2.45, 2.75) is 207 Å². The minimum Gasteiger partial charge on any atom is -0.462 e. The van der Waals surface area contributed by atoms with Crippen molar-refractivity contribution in [3.05, 3.63) is 97.2 Å². The van der Waals surface area contributed by atoms with Crippen LogP contribution in [0.1, 0.15) is 201 Å². The quantitative estimate of drug-likeness (QED) is 0.0349. The Morgan fingerprint density at radius 2 is 0.776 bits per heavy atom. The van der Waals surface area contributed by atoms with E-state index in [1.54, 1.807) is 0 Å². The van der Waals surface area contributed by atoms with Crippen LogP contribution >= 0.6 is 0 Å². The number of allylic oxidation sites excluding steroid dienone is 16. The van der Waals surface area contributed by atoms with E-state index >= 15 is 0 Å². The lowest BCUT2D eigenvalue weighted by atomic mass is 10.1. The van der Waals surface area contributed by atoms with Gasteiger partial charge in [-0.3, -0.25) is 9.59 Å². The summed E-state index contributed by atoms with van der Waals surface area (Å²) in [6, 6.07) is 0. The molecule has 0 rings (SSSR count). The minimum absolute atomic E-state index is 0.0645. The van der Waals surface area contributed by atoms with Crippen molar-refractivity contribution in [1.29, 1.82) is 0 Å². The van der Waals surface area contributed by atoms with Crippen molar-refractivity contribution in [3.8, 4) is 0 Å². The van der Waals surface area contributed by atoms with Gasteiger partial charge in [-0.05, 0) is 96.3 Å². The number of carbonyl (C=O) groups is 2. The Balaban J connectivity index is 4.12. The predicted octanol–water partition coefficient (Wildman–Crippen LogP) is 15.9. The van der Waals surface area contributed by atoms with Gasteiger partial charge in [0, 0.05) is 19.4 Å². The molecule has 1 atom stereocenters. The zero-order valence-electron chi connectivity index (χ0n) is 37.8. The summed E-state index contributed by atoms with van der Waals surface area (Å²) in [5, 5.41) is 0. The van der Waals surface area contributed by atoms with E-state index in [4.69, 9.17) is 14.2 Å². The van der Waals surface area contributed by atoms with Gasteiger partial charge < -0.3 is 14.2 Å². The summed E-state index contributed by atoms with van der Waals surface area (Å²) in [6.07, 6.45) is 64.4. The van der Waals surface area contributed by atoms with Crippen molar-refractivity contribution in [3.63, 3.8) is 0 Å². The van der Waals surface area contributed by atoms with Crippen LogP contribution in [0.3, 0.4) is 0 Å². The number of rotatable bonds is 42. The fourth-order valence-electron chi connectivity index (χ4n) is 6.14. The molecule has 0 N–H and O–H groups in total. The zero-order valence-corrected chi connectivity index (χ0v) is 37.8. The molecule has 1 unspecified atom stereocenters. The second kappa shape index (κ2) is 48.2. The van der Waals surface area contributed by atoms with Crippen LogP contribution in [0.5, 0.6) is 0 Å². The van der Waals surface area contributed by atoms with Gasteiger partial charge in [-0.25, -0.2) is 0 Å². The van der Waals surface area contributed by atoms with Gasteiger partial charge in [0.05, 0.1) is 6.61 Å². The lowest BCUT2D eigenvalue weighted by molar-refractivity contribution is -0.163. The highest BCUT2D eigenvalue weighted by Gasteiger charge is 2.17. The van der Waals surface area contributed by atoms with E-state index in [1.165, 1.54) is 51.4 Å². The third kappa shape index (κ3) is 45.5. The molecule has 0 aliphatic rings. The SMILES string of the molecule is CC/C=C\C/C=C\C/C=C\C/C=C\CCCCCCCCC(=O)OCC(COCCCCCCC/C=C\C/C=C\C/C=C\C/C=C\CC)OC(=O)CCCCCCC. The Morgan fingerprint density at radius 1 is 0.397 bits per heavy atom. The summed E-state index contributed by atoms with van der Waals surface area (Å²) in [7, 11) is 0. The number of hydrogen-bond acceptors (Lipinski definition) is 5. The van der Waals surface area contributed by atoms with Crippen LogP contribution in [0.4, 0.5) is 0 Å². The Hall–Kier alpha value is -3.18. The fourth-order valence-corrected chi connectivity index (χ4v) is 6.14. The molecule has 0 radical (unpaired) electrons. The van der Waals surface area contributed by atoms with Gasteiger partial charge in [-0.15, -0.1) is 0 Å². The van der Waals surface area contributed by atoms with Gasteiger partial charge in [0.1, 0.15) is 6.61 Å². The highest BCUT2D eigenvalue weighted by atomic mass is 16.6. The maximum absolute atomic E-state index is 12.6. The van der Waals surface area contributed by atoms with Gasteiger partial charge in [-0.1, -0.05) is 189 Å². The van der Waals surface area contributed by atoms with Crippen molar-refractivity contribution in [2.24, 2.45) is 0 Å². The molecule has 58 heavy (non-hydrogen) atoms. The van der Waals surface area contributed by atoms with Crippen LogP contribution in [0.25, 0.3) is 0 Å². The maximum Gasteiger partial charge on any atom is 0.306 e. The molecule has 330 valence electrons. The summed E-state index contributed by atoms with van der Waals surface area (Å²) in [5.74, 6) is -0.443. The highest BCUT2D eigenvalue weighted by Crippen LogP contribution is 2.12. The Morgan fingerprint density at radius 3 is 1.24 bits per heavy atom. The van der Waals surface area contributed by atoms with Crippen LogP contribution in [0.2, 0.25) is 0 Å². The number of unbranched alkanes of at least 4 members (excludes halogenated alkanes) is 15. The number of hydrogen-bond donors (Lipinski definition) is 0. The molecule has 0 heterocycles. The van der Waals surface area contributed by atoms with E-state index in [0.717, 1.165) is 116 Å². The van der Waals surface area contributed by atoms with Gasteiger partial charge in [-0.2, -0.15) is 0 Å². The van der Waals surface area contributed by atoms with E-state index in [2.05, 4.69) is 118 Å². The molecule has 0 aliphatic heterocycles. The third-order valence-corrected chi connectivity index (χ3v) is 9.62. The lowest BCUT2D eigenvalue weighted by Gasteiger charge is -2.18. The minimum atomic E-state index is -0.552. The topological polar surface area (TPSA) is 61.8 Å². The van der Waals surface area contributed by atoms with Crippen LogP contribution in [-0.2, 0) is 23.8 Å². The van der Waals surface area contributed by atoms with Crippen LogP contribution in [0.15, 0.2) is 97.2 Å². The molecule has 0 aromatic rings. The van der Waals surface area contributed by atoms with Gasteiger partial charge in [0.2, 0.25) is 0 Å². The van der Waals surface area contributed by atoms with Crippen molar-refractivity contribution >= 4 is 11.9 Å². The molecule has 0 fully saturated rings. The molecular formula is C53H88O5. The molecule has 0 bridgehead atoms. The number of esters is 2. The fraction of sp³-hybridized carbons (Fsp3) is 0.660. The number of ether oxygens (including phenoxy) is 3. The maximum atomic E-state index is 12.6. The van der Waals surface area contributed by atoms with E-state index in [1.807, 2.05) is 0 Å². The zero-order chi connectivity index (χ0) is 42.1. The average molecular weight is 805 g/mol. The molecule has 5 nitrogen and oxygen atoms in total. The monoisotopic (exact) mass is 805 g/mol. The van der Waals surface area contributed by atoms with Gasteiger partial charge >= 0.3 is 11.9 Å². The van der Waals surface area contributed by atoms with Gasteiger partial charge in [0.15, 0.2) is 6.10 Å². The highest BCUT2D eigenvalue weighted by molar-refractivity contribution is 5.70. The van der Waals surface area contributed by atoms with Crippen molar-refractivity contribution in [2.75, 3.05) is 19.8 Å². The standard InChI is InChI=1S/C53H88O5/c1-4-7-10-13-15-17-19-21-23-25-27-28-30-32-34-36-38-41-43-46-52(54)57-50-51(58-53(55)47-44-40-12-9-6-3)49-56-48-45-42-39-37-35-33-31-29-26-24-22-20-18-16-14-11-8-5-2/h7-8,10-11,15-18,21-24,27-29,31,51H,4-6,9,12-14,19-20,25-26,30,32-50H2,1-3H3/b10-7-,11-8-,17-15-,18-16-,23-21-,24-22-,28-27-,31-29-.